The highest BCUT2D eigenvalue weighted by molar-refractivity contribution is 5.30. The monoisotopic (exact) mass is 240 g/mol. The molecule has 5 heteroatoms. The van der Waals surface area contributed by atoms with Crippen LogP contribution in [0, 0.1) is 5.92 Å². The molecule has 1 atom stereocenters. The zero-order valence-electron chi connectivity index (χ0n) is 11.4. The molecule has 0 fully saturated rings. The number of nitrogens with zero attached hydrogens (tertiary/aromatic N) is 3. The molecule has 2 N–H and O–H groups in total. The molecule has 1 aromatic heterocycles. The van der Waals surface area contributed by atoms with Crippen LogP contribution in [0.5, 0.6) is 0 Å². The van der Waals surface area contributed by atoms with Crippen molar-refractivity contribution in [3.8, 4) is 0 Å². The van der Waals surface area contributed by atoms with Crippen molar-refractivity contribution in [1.29, 1.82) is 0 Å². The molecule has 0 saturated carbocycles. The summed E-state index contributed by atoms with van der Waals surface area (Å²) < 4.78 is 2.06. The van der Waals surface area contributed by atoms with Crippen molar-refractivity contribution >= 4 is 5.95 Å². The van der Waals surface area contributed by atoms with E-state index in [4.69, 9.17) is 0 Å². The molecule has 0 aliphatic heterocycles. The fraction of sp³-hybridized carbons (Fsp3) is 0.750. The molecule has 0 aromatic carbocycles. The lowest BCUT2D eigenvalue weighted by atomic mass is 10.1. The summed E-state index contributed by atoms with van der Waals surface area (Å²) >= 11 is 0. The lowest BCUT2D eigenvalue weighted by molar-refractivity contribution is 0.209. The van der Waals surface area contributed by atoms with Gasteiger partial charge in [-0.15, -0.1) is 0 Å². The Morgan fingerprint density at radius 3 is 2.53 bits per heavy atom. The van der Waals surface area contributed by atoms with E-state index in [1.807, 2.05) is 32.2 Å². The van der Waals surface area contributed by atoms with Gasteiger partial charge in [0.25, 0.3) is 0 Å². The van der Waals surface area contributed by atoms with E-state index < -0.39 is 0 Å². The number of aromatic nitrogens is 2. The summed E-state index contributed by atoms with van der Waals surface area (Å²) in [5, 5.41) is 12.6. The molecule has 1 rings (SSSR count). The Labute approximate surface area is 103 Å². The van der Waals surface area contributed by atoms with Gasteiger partial charge >= 0.3 is 0 Å². The van der Waals surface area contributed by atoms with E-state index in [2.05, 4.69) is 28.7 Å². The van der Waals surface area contributed by atoms with Gasteiger partial charge in [-0.05, 0) is 5.92 Å². The average Bonchev–Trinajstić information content (AvgIpc) is 2.60. The predicted octanol–water partition coefficient (Wildman–Crippen LogP) is 0.593. The number of nitrogens with one attached hydrogen (secondary N) is 1. The maximum absolute atomic E-state index is 9.24. The summed E-state index contributed by atoms with van der Waals surface area (Å²) in [5.41, 5.74) is 1.12. The van der Waals surface area contributed by atoms with Gasteiger partial charge in [0.15, 0.2) is 0 Å². The highest BCUT2D eigenvalue weighted by atomic mass is 16.3. The summed E-state index contributed by atoms with van der Waals surface area (Å²) in [6, 6.07) is 0.132. The first-order chi connectivity index (χ1) is 7.97. The third-order valence-electron chi connectivity index (χ3n) is 3.01. The number of imidazole rings is 1. The highest BCUT2D eigenvalue weighted by Crippen LogP contribution is 2.11. The minimum Gasteiger partial charge on any atom is -0.395 e. The van der Waals surface area contributed by atoms with Crippen LogP contribution >= 0.6 is 0 Å². The molecular formula is C12H24N4O. The van der Waals surface area contributed by atoms with Crippen LogP contribution in [0.25, 0.3) is 0 Å². The van der Waals surface area contributed by atoms with Gasteiger partial charge in [0.1, 0.15) is 0 Å². The largest absolute Gasteiger partial charge is 0.395 e. The van der Waals surface area contributed by atoms with Gasteiger partial charge in [-0.2, -0.15) is 0 Å². The molecule has 0 aliphatic rings. The van der Waals surface area contributed by atoms with Crippen LogP contribution in [-0.4, -0.2) is 41.4 Å². The Hall–Kier alpha value is -1.07. The Balaban J connectivity index is 2.63. The number of hydrogen-bond acceptors (Lipinski definition) is 4. The minimum atomic E-state index is 0.132. The molecule has 0 aliphatic carbocycles. The van der Waals surface area contributed by atoms with Crippen molar-refractivity contribution in [2.24, 2.45) is 13.0 Å². The standard InChI is InChI=1S/C12H24N4O/c1-9(2)11(8-17)13-6-10-7-14-12(15(3)4)16(10)5/h7,9,11,13,17H,6,8H2,1-5H3. The molecular weight excluding hydrogens is 216 g/mol. The highest BCUT2D eigenvalue weighted by Gasteiger charge is 2.13. The molecule has 0 saturated heterocycles. The van der Waals surface area contributed by atoms with Crippen molar-refractivity contribution in [2.75, 3.05) is 25.6 Å². The van der Waals surface area contributed by atoms with Crippen molar-refractivity contribution in [1.82, 2.24) is 14.9 Å². The van der Waals surface area contributed by atoms with Gasteiger partial charge in [0.05, 0.1) is 18.5 Å². The molecule has 1 heterocycles. The van der Waals surface area contributed by atoms with E-state index in [1.165, 1.54) is 0 Å². The van der Waals surface area contributed by atoms with Crippen molar-refractivity contribution in [3.05, 3.63) is 11.9 Å². The molecule has 98 valence electrons. The van der Waals surface area contributed by atoms with Gasteiger partial charge < -0.3 is 19.9 Å². The molecule has 0 spiro atoms. The topological polar surface area (TPSA) is 53.3 Å². The summed E-state index contributed by atoms with van der Waals surface area (Å²) in [7, 11) is 5.96. The Morgan fingerprint density at radius 2 is 2.12 bits per heavy atom. The Bertz CT molecular complexity index is 346. The van der Waals surface area contributed by atoms with Crippen LogP contribution in [0.1, 0.15) is 19.5 Å². The van der Waals surface area contributed by atoms with Crippen LogP contribution in [-0.2, 0) is 13.6 Å². The van der Waals surface area contributed by atoms with E-state index in [0.29, 0.717) is 5.92 Å². The van der Waals surface area contributed by atoms with Crippen LogP contribution in [0.4, 0.5) is 5.95 Å². The lowest BCUT2D eigenvalue weighted by Crippen LogP contribution is -2.36. The van der Waals surface area contributed by atoms with Crippen LogP contribution in [0.2, 0.25) is 0 Å². The summed E-state index contributed by atoms with van der Waals surface area (Å²) in [6.07, 6.45) is 1.87. The first-order valence-corrected chi connectivity index (χ1v) is 5.99. The third-order valence-corrected chi connectivity index (χ3v) is 3.01. The normalized spacial score (nSPS) is 13.1. The maximum atomic E-state index is 9.24. The molecule has 17 heavy (non-hydrogen) atoms. The van der Waals surface area contributed by atoms with Crippen LogP contribution in [0.3, 0.4) is 0 Å². The van der Waals surface area contributed by atoms with E-state index in [1.54, 1.807) is 0 Å². The molecule has 1 unspecified atom stereocenters. The number of anilines is 1. The molecule has 0 radical (unpaired) electrons. The zero-order valence-corrected chi connectivity index (χ0v) is 11.4. The average molecular weight is 240 g/mol. The number of hydrogen-bond donors (Lipinski definition) is 2. The van der Waals surface area contributed by atoms with Gasteiger partial charge in [-0.25, -0.2) is 4.98 Å². The van der Waals surface area contributed by atoms with Crippen LogP contribution < -0.4 is 10.2 Å². The van der Waals surface area contributed by atoms with E-state index >= 15 is 0 Å². The lowest BCUT2D eigenvalue weighted by Gasteiger charge is -2.20. The SMILES string of the molecule is CC(C)C(CO)NCc1cnc(N(C)C)n1C. The Kier molecular flexibility index (Phi) is 4.96. The van der Waals surface area contributed by atoms with Gasteiger partial charge in [-0.3, -0.25) is 0 Å². The summed E-state index contributed by atoms with van der Waals surface area (Å²) in [6.45, 7) is 5.08. The quantitative estimate of drug-likeness (QED) is 0.764. The fourth-order valence-electron chi connectivity index (χ4n) is 1.76. The molecule has 0 amide bonds. The van der Waals surface area contributed by atoms with E-state index in [0.717, 1.165) is 18.2 Å². The molecule has 0 bridgehead atoms. The molecule has 5 nitrogen and oxygen atoms in total. The van der Waals surface area contributed by atoms with Crippen LogP contribution in [0.15, 0.2) is 6.20 Å². The van der Waals surface area contributed by atoms with Crippen molar-refractivity contribution in [2.45, 2.75) is 26.4 Å². The van der Waals surface area contributed by atoms with Gasteiger partial charge in [-0.1, -0.05) is 13.8 Å². The maximum Gasteiger partial charge on any atom is 0.204 e. The summed E-state index contributed by atoms with van der Waals surface area (Å²) in [5.74, 6) is 1.36. The first-order valence-electron chi connectivity index (χ1n) is 5.99. The number of rotatable bonds is 6. The fourth-order valence-corrected chi connectivity index (χ4v) is 1.76. The number of aliphatic hydroxyl groups excluding tert-OH is 1. The smallest absolute Gasteiger partial charge is 0.204 e. The second-order valence-corrected chi connectivity index (χ2v) is 4.92. The number of aliphatic hydroxyl groups is 1. The Morgan fingerprint density at radius 1 is 1.47 bits per heavy atom. The predicted molar refractivity (Wildman–Crippen MR) is 70.1 cm³/mol. The second-order valence-electron chi connectivity index (χ2n) is 4.92. The van der Waals surface area contributed by atoms with Gasteiger partial charge in [0.2, 0.25) is 5.95 Å². The summed E-state index contributed by atoms with van der Waals surface area (Å²) in [4.78, 5) is 6.33. The zero-order chi connectivity index (χ0) is 13.0. The first kappa shape index (κ1) is 14.0. The third kappa shape index (κ3) is 3.44. The second kappa shape index (κ2) is 6.02. The van der Waals surface area contributed by atoms with E-state index in [-0.39, 0.29) is 12.6 Å². The van der Waals surface area contributed by atoms with Gasteiger partial charge in [0, 0.05) is 33.7 Å². The molecule has 1 aromatic rings. The minimum absolute atomic E-state index is 0.132. The van der Waals surface area contributed by atoms with Crippen molar-refractivity contribution < 1.29 is 5.11 Å². The van der Waals surface area contributed by atoms with E-state index in [9.17, 15) is 5.11 Å². The van der Waals surface area contributed by atoms with Crippen molar-refractivity contribution in [3.63, 3.8) is 0 Å².